The molecule has 6 heteroatoms. The van der Waals surface area contributed by atoms with E-state index in [2.05, 4.69) is 57.9 Å². The van der Waals surface area contributed by atoms with E-state index in [1.54, 1.807) is 0 Å². The summed E-state index contributed by atoms with van der Waals surface area (Å²) in [6, 6.07) is 16.1. The zero-order chi connectivity index (χ0) is 23.4. The highest BCUT2D eigenvalue weighted by Crippen LogP contribution is 2.31. The smallest absolute Gasteiger partial charge is 0.150 e. The van der Waals surface area contributed by atoms with E-state index in [9.17, 15) is 4.79 Å². The zero-order valence-corrected chi connectivity index (χ0v) is 19.8. The number of benzene rings is 2. The molecule has 2 aromatic heterocycles. The second-order valence-electron chi connectivity index (χ2n) is 8.48. The van der Waals surface area contributed by atoms with E-state index >= 15 is 0 Å². The molecule has 5 rings (SSSR count). The quantitative estimate of drug-likeness (QED) is 0.448. The van der Waals surface area contributed by atoms with Gasteiger partial charge < -0.3 is 15.6 Å². The number of hydrogen-bond donors (Lipinski definition) is 2. The van der Waals surface area contributed by atoms with E-state index in [0.717, 1.165) is 61.9 Å². The van der Waals surface area contributed by atoms with Crippen molar-refractivity contribution in [3.8, 4) is 0 Å². The first-order valence-corrected chi connectivity index (χ1v) is 11.7. The predicted molar refractivity (Wildman–Crippen MR) is 137 cm³/mol. The highest BCUT2D eigenvalue weighted by molar-refractivity contribution is 5.91. The minimum Gasteiger partial charge on any atom is -0.384 e. The van der Waals surface area contributed by atoms with Crippen molar-refractivity contribution in [2.75, 3.05) is 25.9 Å². The van der Waals surface area contributed by atoms with E-state index < -0.39 is 0 Å². The van der Waals surface area contributed by atoms with E-state index in [1.165, 1.54) is 27.7 Å². The lowest BCUT2D eigenvalue weighted by molar-refractivity contribution is 0.112. The Kier molecular flexibility index (Phi) is 7.06. The normalized spacial score (nSPS) is 13.5. The van der Waals surface area contributed by atoms with Crippen LogP contribution >= 0.6 is 0 Å². The number of rotatable bonds is 5. The van der Waals surface area contributed by atoms with Gasteiger partial charge in [-0.3, -0.25) is 9.69 Å². The van der Waals surface area contributed by atoms with E-state index in [4.69, 9.17) is 5.73 Å². The molecule has 172 valence electrons. The fourth-order valence-corrected chi connectivity index (χ4v) is 4.72. The summed E-state index contributed by atoms with van der Waals surface area (Å²) in [5.41, 5.74) is 12.7. The molecule has 0 bridgehead atoms. The maximum absolute atomic E-state index is 11.0. The van der Waals surface area contributed by atoms with Crippen molar-refractivity contribution in [1.82, 2.24) is 19.8 Å². The molecular weight excluding hydrogens is 410 g/mol. The molecule has 0 atom stereocenters. The highest BCUT2D eigenvalue weighted by atomic mass is 16.1. The van der Waals surface area contributed by atoms with Gasteiger partial charge in [0.05, 0.1) is 5.52 Å². The largest absolute Gasteiger partial charge is 0.384 e. The van der Waals surface area contributed by atoms with Crippen molar-refractivity contribution in [1.29, 1.82) is 0 Å². The van der Waals surface area contributed by atoms with Crippen LogP contribution in [0.4, 0.5) is 5.82 Å². The SMILES string of the molecule is CCN1CCc2c(c3cc(C=O)ccc3n2CC)C1.CNCc1ccc2ccc(N)nc2c1. The van der Waals surface area contributed by atoms with E-state index in [-0.39, 0.29) is 0 Å². The van der Waals surface area contributed by atoms with Gasteiger partial charge in [-0.2, -0.15) is 0 Å². The average molecular weight is 444 g/mol. The Morgan fingerprint density at radius 1 is 1.09 bits per heavy atom. The first-order valence-electron chi connectivity index (χ1n) is 11.7. The minimum absolute atomic E-state index is 0.569. The molecule has 1 aliphatic heterocycles. The lowest BCUT2D eigenvalue weighted by Gasteiger charge is -2.26. The number of aryl methyl sites for hydroxylation is 1. The second-order valence-corrected chi connectivity index (χ2v) is 8.48. The number of nitrogens with one attached hydrogen (secondary N) is 1. The van der Waals surface area contributed by atoms with Crippen LogP contribution in [-0.4, -0.2) is 40.9 Å². The Bertz CT molecular complexity index is 1280. The molecule has 0 fully saturated rings. The number of hydrogen-bond acceptors (Lipinski definition) is 5. The maximum Gasteiger partial charge on any atom is 0.150 e. The average Bonchev–Trinajstić information content (AvgIpc) is 3.16. The van der Waals surface area contributed by atoms with Gasteiger partial charge >= 0.3 is 0 Å². The zero-order valence-electron chi connectivity index (χ0n) is 19.8. The highest BCUT2D eigenvalue weighted by Gasteiger charge is 2.22. The standard InChI is InChI=1S/C16H20N2O.C11H13N3/c1-3-17-8-7-16-14(10-17)13-9-12(11-19)5-6-15(13)18(16)4-2;1-13-7-8-2-3-9-4-5-11(12)14-10(9)6-8/h5-6,9,11H,3-4,7-8,10H2,1-2H3;2-6,13H,7H2,1H3,(H2,12,14). The van der Waals surface area contributed by atoms with Gasteiger partial charge in [0.25, 0.3) is 0 Å². The molecule has 2 aromatic carbocycles. The molecule has 33 heavy (non-hydrogen) atoms. The number of pyridine rings is 1. The predicted octanol–water partition coefficient (Wildman–Crippen LogP) is 4.39. The summed E-state index contributed by atoms with van der Waals surface area (Å²) in [6.45, 7) is 9.49. The van der Waals surface area contributed by atoms with Crippen LogP contribution in [0.1, 0.15) is 41.0 Å². The van der Waals surface area contributed by atoms with Crippen molar-refractivity contribution in [3.05, 3.63) is 70.9 Å². The van der Waals surface area contributed by atoms with Crippen LogP contribution in [0.2, 0.25) is 0 Å². The van der Waals surface area contributed by atoms with Gasteiger partial charge in [0.2, 0.25) is 0 Å². The first-order chi connectivity index (χ1) is 16.1. The Morgan fingerprint density at radius 2 is 1.91 bits per heavy atom. The number of nitrogens with zero attached hydrogens (tertiary/aromatic N) is 3. The topological polar surface area (TPSA) is 76.2 Å². The second kappa shape index (κ2) is 10.1. The molecule has 0 radical (unpaired) electrons. The third kappa shape index (κ3) is 4.77. The number of carbonyl (C=O) groups is 1. The van der Waals surface area contributed by atoms with Gasteiger partial charge in [0.1, 0.15) is 12.1 Å². The summed E-state index contributed by atoms with van der Waals surface area (Å²) < 4.78 is 2.41. The van der Waals surface area contributed by atoms with Gasteiger partial charge in [-0.25, -0.2) is 4.98 Å². The summed E-state index contributed by atoms with van der Waals surface area (Å²) in [5, 5.41) is 5.49. The molecule has 3 N–H and O–H groups in total. The molecule has 0 aliphatic carbocycles. The van der Waals surface area contributed by atoms with Crippen LogP contribution in [-0.2, 0) is 26.1 Å². The van der Waals surface area contributed by atoms with Gasteiger partial charge in [-0.15, -0.1) is 0 Å². The number of nitrogen functional groups attached to an aromatic ring is 1. The summed E-state index contributed by atoms with van der Waals surface area (Å²) >= 11 is 0. The Hall–Kier alpha value is -3.22. The summed E-state index contributed by atoms with van der Waals surface area (Å²) in [7, 11) is 1.93. The lowest BCUT2D eigenvalue weighted by atomic mass is 10.0. The maximum atomic E-state index is 11.0. The fourth-order valence-electron chi connectivity index (χ4n) is 4.72. The summed E-state index contributed by atoms with van der Waals surface area (Å²) in [5.74, 6) is 0.569. The number of fused-ring (bicyclic) bond motifs is 4. The number of likely N-dealkylation sites (N-methyl/N-ethyl adjacent to an activating group) is 1. The minimum atomic E-state index is 0.569. The van der Waals surface area contributed by atoms with Crippen molar-refractivity contribution >= 4 is 33.9 Å². The molecular formula is C27H33N5O. The van der Waals surface area contributed by atoms with E-state index in [1.807, 2.05) is 31.3 Å². The molecule has 0 unspecified atom stereocenters. The number of carbonyl (C=O) groups excluding carboxylic acids is 1. The molecule has 0 saturated carbocycles. The Labute approximate surface area is 195 Å². The first kappa shape index (κ1) is 23.0. The molecule has 0 saturated heterocycles. The monoisotopic (exact) mass is 443 g/mol. The number of aromatic nitrogens is 2. The van der Waals surface area contributed by atoms with E-state index in [0.29, 0.717) is 5.82 Å². The lowest BCUT2D eigenvalue weighted by Crippen LogP contribution is -2.30. The molecule has 3 heterocycles. The van der Waals surface area contributed by atoms with Gasteiger partial charge in [0, 0.05) is 60.1 Å². The number of anilines is 1. The van der Waals surface area contributed by atoms with Crippen molar-refractivity contribution < 1.29 is 4.79 Å². The van der Waals surface area contributed by atoms with Crippen LogP contribution in [0.3, 0.4) is 0 Å². The van der Waals surface area contributed by atoms with Crippen LogP contribution in [0.15, 0.2) is 48.5 Å². The summed E-state index contributed by atoms with van der Waals surface area (Å²) in [4.78, 5) is 17.7. The van der Waals surface area contributed by atoms with Gasteiger partial charge in [-0.05, 0) is 68.0 Å². The number of aldehydes is 1. The van der Waals surface area contributed by atoms with Crippen LogP contribution in [0, 0.1) is 0 Å². The van der Waals surface area contributed by atoms with Gasteiger partial charge in [-0.1, -0.05) is 19.1 Å². The Balaban J connectivity index is 0.000000165. The third-order valence-corrected chi connectivity index (χ3v) is 6.42. The van der Waals surface area contributed by atoms with Gasteiger partial charge in [0.15, 0.2) is 0 Å². The van der Waals surface area contributed by atoms with Crippen molar-refractivity contribution in [2.45, 2.75) is 39.9 Å². The molecule has 0 spiro atoms. The van der Waals surface area contributed by atoms with Crippen molar-refractivity contribution in [3.63, 3.8) is 0 Å². The van der Waals surface area contributed by atoms with Crippen molar-refractivity contribution in [2.24, 2.45) is 0 Å². The third-order valence-electron chi connectivity index (χ3n) is 6.42. The molecule has 6 nitrogen and oxygen atoms in total. The molecule has 4 aromatic rings. The van der Waals surface area contributed by atoms with Crippen LogP contribution in [0.5, 0.6) is 0 Å². The Morgan fingerprint density at radius 3 is 2.64 bits per heavy atom. The fraction of sp³-hybridized carbons (Fsp3) is 0.333. The number of nitrogens with two attached hydrogens (primary N) is 1. The van der Waals surface area contributed by atoms with Crippen LogP contribution in [0.25, 0.3) is 21.8 Å². The van der Waals surface area contributed by atoms with Crippen LogP contribution < -0.4 is 11.1 Å². The molecule has 0 amide bonds. The molecule has 1 aliphatic rings. The summed E-state index contributed by atoms with van der Waals surface area (Å²) in [6.07, 6.45) is 2.05.